The summed E-state index contributed by atoms with van der Waals surface area (Å²) in [6, 6.07) is 9.39. The molecule has 0 radical (unpaired) electrons. The number of nitrogens with two attached hydrogens (primary N) is 1. The number of ether oxygens (including phenoxy) is 1. The van der Waals surface area contributed by atoms with E-state index in [-0.39, 0.29) is 11.8 Å². The summed E-state index contributed by atoms with van der Waals surface area (Å²) < 4.78 is 4.92. The molecule has 1 atom stereocenters. The summed E-state index contributed by atoms with van der Waals surface area (Å²) in [6.07, 6.45) is 0. The van der Waals surface area contributed by atoms with E-state index in [1.165, 1.54) is 0 Å². The van der Waals surface area contributed by atoms with Gasteiger partial charge in [-0.05, 0) is 5.56 Å². The predicted molar refractivity (Wildman–Crippen MR) is 50.3 cm³/mol. The molecule has 0 aliphatic rings. The van der Waals surface area contributed by atoms with Crippen molar-refractivity contribution in [2.75, 3.05) is 13.7 Å². The van der Waals surface area contributed by atoms with Gasteiger partial charge in [0, 0.05) is 7.11 Å². The first-order valence-corrected chi connectivity index (χ1v) is 4.09. The second kappa shape index (κ2) is 4.62. The summed E-state index contributed by atoms with van der Waals surface area (Å²) in [5, 5.41) is 0. The lowest BCUT2D eigenvalue weighted by Crippen LogP contribution is -2.24. The number of hydrogen-bond acceptors (Lipinski definition) is 2. The average Bonchev–Trinajstić information content (AvgIpc) is 2.15. The van der Waals surface area contributed by atoms with Crippen molar-refractivity contribution in [1.82, 2.24) is 0 Å². The molecule has 13 heavy (non-hydrogen) atoms. The van der Waals surface area contributed by atoms with Gasteiger partial charge in [0.1, 0.15) is 0 Å². The highest BCUT2D eigenvalue weighted by Gasteiger charge is 2.16. The van der Waals surface area contributed by atoms with E-state index in [0.717, 1.165) is 5.56 Å². The zero-order chi connectivity index (χ0) is 9.68. The Hall–Kier alpha value is -1.35. The molecule has 0 saturated carbocycles. The summed E-state index contributed by atoms with van der Waals surface area (Å²) in [5.41, 5.74) is 6.14. The molecule has 0 spiro atoms. The van der Waals surface area contributed by atoms with Gasteiger partial charge in [-0.15, -0.1) is 0 Å². The van der Waals surface area contributed by atoms with Gasteiger partial charge in [-0.1, -0.05) is 30.3 Å². The maximum absolute atomic E-state index is 11.0. The minimum atomic E-state index is -0.354. The lowest BCUT2D eigenvalue weighted by Gasteiger charge is -2.11. The van der Waals surface area contributed by atoms with E-state index in [1.54, 1.807) is 7.11 Å². The molecule has 0 bridgehead atoms. The largest absolute Gasteiger partial charge is 0.384 e. The second-order valence-electron chi connectivity index (χ2n) is 2.82. The van der Waals surface area contributed by atoms with Crippen LogP contribution in [0.1, 0.15) is 11.5 Å². The van der Waals surface area contributed by atoms with Gasteiger partial charge in [-0.3, -0.25) is 4.79 Å². The van der Waals surface area contributed by atoms with Crippen LogP contribution in [-0.4, -0.2) is 19.6 Å². The van der Waals surface area contributed by atoms with Gasteiger partial charge in [0.2, 0.25) is 5.91 Å². The maximum Gasteiger partial charge on any atom is 0.227 e. The number of rotatable bonds is 4. The number of hydrogen-bond donors (Lipinski definition) is 1. The number of amides is 1. The van der Waals surface area contributed by atoms with Crippen molar-refractivity contribution < 1.29 is 9.53 Å². The fourth-order valence-electron chi connectivity index (χ4n) is 1.19. The Balaban J connectivity index is 2.82. The molecule has 0 heterocycles. The fourth-order valence-corrected chi connectivity index (χ4v) is 1.19. The van der Waals surface area contributed by atoms with Crippen LogP contribution in [0.2, 0.25) is 0 Å². The Morgan fingerprint density at radius 3 is 2.54 bits per heavy atom. The zero-order valence-electron chi connectivity index (χ0n) is 7.57. The van der Waals surface area contributed by atoms with Crippen molar-refractivity contribution in [2.45, 2.75) is 5.92 Å². The Labute approximate surface area is 77.5 Å². The minimum Gasteiger partial charge on any atom is -0.384 e. The van der Waals surface area contributed by atoms with Crippen LogP contribution in [0.4, 0.5) is 0 Å². The van der Waals surface area contributed by atoms with Gasteiger partial charge in [0.05, 0.1) is 12.5 Å². The highest BCUT2D eigenvalue weighted by atomic mass is 16.5. The Kier molecular flexibility index (Phi) is 3.46. The summed E-state index contributed by atoms with van der Waals surface area (Å²) in [5.74, 6) is -0.695. The molecule has 1 rings (SSSR count). The quantitative estimate of drug-likeness (QED) is 0.746. The minimum absolute atomic E-state index is 0.333. The smallest absolute Gasteiger partial charge is 0.227 e. The first-order chi connectivity index (χ1) is 6.25. The van der Waals surface area contributed by atoms with Crippen LogP contribution in [0.25, 0.3) is 0 Å². The molecule has 1 aromatic rings. The van der Waals surface area contributed by atoms with Crippen molar-refractivity contribution in [3.8, 4) is 0 Å². The van der Waals surface area contributed by atoms with Crippen LogP contribution in [-0.2, 0) is 9.53 Å². The van der Waals surface area contributed by atoms with Crippen molar-refractivity contribution in [1.29, 1.82) is 0 Å². The van der Waals surface area contributed by atoms with Crippen molar-refractivity contribution in [3.63, 3.8) is 0 Å². The lowest BCUT2D eigenvalue weighted by molar-refractivity contribution is -0.120. The molecule has 70 valence electrons. The summed E-state index contributed by atoms with van der Waals surface area (Å²) in [6.45, 7) is 0.333. The van der Waals surface area contributed by atoms with E-state index in [1.807, 2.05) is 30.3 Å². The average molecular weight is 179 g/mol. The van der Waals surface area contributed by atoms with Crippen LogP contribution in [0.15, 0.2) is 30.3 Å². The predicted octanol–water partition coefficient (Wildman–Crippen LogP) is 0.902. The molecule has 3 heteroatoms. The first kappa shape index (κ1) is 9.74. The molecule has 0 fully saturated rings. The van der Waals surface area contributed by atoms with Crippen LogP contribution in [0, 0.1) is 0 Å². The van der Waals surface area contributed by atoms with Crippen LogP contribution in [0.5, 0.6) is 0 Å². The molecule has 0 aromatic heterocycles. The summed E-state index contributed by atoms with van der Waals surface area (Å²) in [7, 11) is 1.55. The highest BCUT2D eigenvalue weighted by Crippen LogP contribution is 2.14. The number of carbonyl (C=O) groups excluding carboxylic acids is 1. The molecule has 0 saturated heterocycles. The summed E-state index contributed by atoms with van der Waals surface area (Å²) >= 11 is 0. The molecule has 1 unspecified atom stereocenters. The molecular weight excluding hydrogens is 166 g/mol. The first-order valence-electron chi connectivity index (χ1n) is 4.09. The van der Waals surface area contributed by atoms with Gasteiger partial charge in [-0.2, -0.15) is 0 Å². The topological polar surface area (TPSA) is 52.3 Å². The van der Waals surface area contributed by atoms with E-state index >= 15 is 0 Å². The zero-order valence-corrected chi connectivity index (χ0v) is 7.57. The Bertz CT molecular complexity index is 272. The number of primary amides is 1. The number of carbonyl (C=O) groups is 1. The SMILES string of the molecule is COCC(C(N)=O)c1ccccc1. The van der Waals surface area contributed by atoms with Gasteiger partial charge in [0.25, 0.3) is 0 Å². The standard InChI is InChI=1S/C10H13NO2/c1-13-7-9(10(11)12)8-5-3-2-4-6-8/h2-6,9H,7H2,1H3,(H2,11,12). The van der Waals surface area contributed by atoms with E-state index in [4.69, 9.17) is 10.5 Å². The molecular formula is C10H13NO2. The van der Waals surface area contributed by atoms with E-state index in [0.29, 0.717) is 6.61 Å². The molecule has 2 N–H and O–H groups in total. The highest BCUT2D eigenvalue weighted by molar-refractivity contribution is 5.82. The second-order valence-corrected chi connectivity index (χ2v) is 2.82. The molecule has 1 aromatic carbocycles. The maximum atomic E-state index is 11.0. The van der Waals surface area contributed by atoms with E-state index in [2.05, 4.69) is 0 Å². The Morgan fingerprint density at radius 2 is 2.08 bits per heavy atom. The van der Waals surface area contributed by atoms with Crippen molar-refractivity contribution in [3.05, 3.63) is 35.9 Å². The number of methoxy groups -OCH3 is 1. The van der Waals surface area contributed by atoms with Gasteiger partial charge in [-0.25, -0.2) is 0 Å². The molecule has 3 nitrogen and oxygen atoms in total. The Morgan fingerprint density at radius 1 is 1.46 bits per heavy atom. The van der Waals surface area contributed by atoms with Crippen molar-refractivity contribution >= 4 is 5.91 Å². The van der Waals surface area contributed by atoms with E-state index in [9.17, 15) is 4.79 Å². The van der Waals surface area contributed by atoms with Crippen LogP contribution >= 0.6 is 0 Å². The monoisotopic (exact) mass is 179 g/mol. The van der Waals surface area contributed by atoms with Crippen LogP contribution < -0.4 is 5.73 Å². The summed E-state index contributed by atoms with van der Waals surface area (Å²) in [4.78, 5) is 11.0. The third kappa shape index (κ3) is 2.56. The van der Waals surface area contributed by atoms with Gasteiger partial charge < -0.3 is 10.5 Å². The third-order valence-corrected chi connectivity index (χ3v) is 1.88. The van der Waals surface area contributed by atoms with Crippen molar-refractivity contribution in [2.24, 2.45) is 5.73 Å². The van der Waals surface area contributed by atoms with Gasteiger partial charge in [0.15, 0.2) is 0 Å². The van der Waals surface area contributed by atoms with Gasteiger partial charge >= 0.3 is 0 Å². The molecule has 1 amide bonds. The normalized spacial score (nSPS) is 12.4. The lowest BCUT2D eigenvalue weighted by atomic mass is 10.00. The number of benzene rings is 1. The van der Waals surface area contributed by atoms with Crippen LogP contribution in [0.3, 0.4) is 0 Å². The third-order valence-electron chi connectivity index (χ3n) is 1.88. The molecule has 0 aliphatic heterocycles. The van der Waals surface area contributed by atoms with E-state index < -0.39 is 0 Å². The fraction of sp³-hybridized carbons (Fsp3) is 0.300. The molecule has 0 aliphatic carbocycles.